The zero-order valence-electron chi connectivity index (χ0n) is 7.41. The van der Waals surface area contributed by atoms with Gasteiger partial charge in [-0.2, -0.15) is 5.10 Å². The maximum absolute atomic E-state index is 8.89. The second-order valence-electron chi connectivity index (χ2n) is 2.93. The van der Waals surface area contributed by atoms with E-state index in [2.05, 4.69) is 5.10 Å². The molecule has 0 saturated carbocycles. The van der Waals surface area contributed by atoms with Gasteiger partial charge in [0.1, 0.15) is 0 Å². The second-order valence-corrected chi connectivity index (χ2v) is 2.93. The predicted octanol–water partition coefficient (Wildman–Crippen LogP) is -0.448. The van der Waals surface area contributed by atoms with Gasteiger partial charge in [-0.3, -0.25) is 0 Å². The molecule has 2 rings (SSSR count). The molecule has 1 aromatic carbocycles. The van der Waals surface area contributed by atoms with E-state index < -0.39 is 7.12 Å². The molecule has 0 aliphatic carbocycles. The molecule has 0 fully saturated rings. The third-order valence-electron chi connectivity index (χ3n) is 1.92. The molecule has 2 aromatic rings. The van der Waals surface area contributed by atoms with Crippen molar-refractivity contribution < 1.29 is 10.0 Å². The Morgan fingerprint density at radius 2 is 1.86 bits per heavy atom. The van der Waals surface area contributed by atoms with Crippen molar-refractivity contribution >= 4 is 12.6 Å². The van der Waals surface area contributed by atoms with E-state index in [1.165, 1.54) is 6.20 Å². The van der Waals surface area contributed by atoms with E-state index >= 15 is 0 Å². The van der Waals surface area contributed by atoms with Crippen molar-refractivity contribution in [3.05, 3.63) is 42.7 Å². The first kappa shape index (κ1) is 8.99. The van der Waals surface area contributed by atoms with Crippen molar-refractivity contribution in [1.82, 2.24) is 9.78 Å². The van der Waals surface area contributed by atoms with E-state index in [0.29, 0.717) is 5.46 Å². The Balaban J connectivity index is 2.34. The number of hydrogen-bond acceptors (Lipinski definition) is 3. The quantitative estimate of drug-likeness (QED) is 0.627. The number of nitrogens with zero attached hydrogens (tertiary/aromatic N) is 2. The molecule has 0 atom stereocenters. The van der Waals surface area contributed by atoms with Gasteiger partial charge < -0.3 is 10.0 Å². The molecule has 14 heavy (non-hydrogen) atoms. The highest BCUT2D eigenvalue weighted by Crippen LogP contribution is 2.03. The van der Waals surface area contributed by atoms with Crippen molar-refractivity contribution in [3.63, 3.8) is 0 Å². The topological polar surface area (TPSA) is 58.3 Å². The fourth-order valence-electron chi connectivity index (χ4n) is 1.19. The minimum absolute atomic E-state index is 0.383. The van der Waals surface area contributed by atoms with Crippen LogP contribution >= 0.6 is 0 Å². The van der Waals surface area contributed by atoms with Gasteiger partial charge in [0.25, 0.3) is 0 Å². The van der Waals surface area contributed by atoms with Gasteiger partial charge >= 0.3 is 7.12 Å². The van der Waals surface area contributed by atoms with E-state index in [9.17, 15) is 0 Å². The van der Waals surface area contributed by atoms with Crippen LogP contribution in [0.3, 0.4) is 0 Å². The van der Waals surface area contributed by atoms with E-state index in [1.54, 1.807) is 10.9 Å². The normalized spacial score (nSPS) is 10.1. The Morgan fingerprint density at radius 1 is 1.14 bits per heavy atom. The van der Waals surface area contributed by atoms with Gasteiger partial charge in [-0.25, -0.2) is 4.68 Å². The van der Waals surface area contributed by atoms with Crippen LogP contribution in [0.5, 0.6) is 0 Å². The third kappa shape index (κ3) is 1.68. The van der Waals surface area contributed by atoms with Crippen LogP contribution in [-0.2, 0) is 0 Å². The molecule has 0 aliphatic heterocycles. The smallest absolute Gasteiger partial charge is 0.423 e. The highest BCUT2D eigenvalue weighted by molar-refractivity contribution is 6.58. The zero-order valence-corrected chi connectivity index (χ0v) is 7.41. The first-order valence-corrected chi connectivity index (χ1v) is 4.23. The van der Waals surface area contributed by atoms with E-state index in [4.69, 9.17) is 10.0 Å². The number of rotatable bonds is 2. The van der Waals surface area contributed by atoms with Crippen molar-refractivity contribution in [1.29, 1.82) is 0 Å². The first-order valence-electron chi connectivity index (χ1n) is 4.23. The maximum atomic E-state index is 8.89. The standard InChI is InChI=1S/C9H9BN2O2/c13-10(14)8-6-11-12(7-8)9-4-2-1-3-5-9/h1-7,13-14H. The molecule has 1 aromatic heterocycles. The lowest BCUT2D eigenvalue weighted by atomic mass is 9.83. The molecule has 0 saturated heterocycles. The highest BCUT2D eigenvalue weighted by atomic mass is 16.4. The average molecular weight is 188 g/mol. The third-order valence-corrected chi connectivity index (χ3v) is 1.92. The molecule has 0 bridgehead atoms. The lowest BCUT2D eigenvalue weighted by Crippen LogP contribution is -2.28. The minimum atomic E-state index is -1.47. The summed E-state index contributed by atoms with van der Waals surface area (Å²) in [5.41, 5.74) is 1.27. The average Bonchev–Trinajstić information content (AvgIpc) is 2.68. The van der Waals surface area contributed by atoms with Crippen LogP contribution in [0.15, 0.2) is 42.7 Å². The Kier molecular flexibility index (Phi) is 2.34. The van der Waals surface area contributed by atoms with Crippen LogP contribution in [0.2, 0.25) is 0 Å². The highest BCUT2D eigenvalue weighted by Gasteiger charge is 2.13. The molecule has 0 radical (unpaired) electrons. The van der Waals surface area contributed by atoms with Gasteiger partial charge in [-0.05, 0) is 12.1 Å². The van der Waals surface area contributed by atoms with Gasteiger partial charge in [0.2, 0.25) is 0 Å². The van der Waals surface area contributed by atoms with Gasteiger partial charge in [-0.1, -0.05) is 18.2 Å². The first-order chi connectivity index (χ1) is 6.77. The van der Waals surface area contributed by atoms with Crippen LogP contribution in [-0.4, -0.2) is 26.9 Å². The number of hydrogen-bond donors (Lipinski definition) is 2. The number of benzene rings is 1. The van der Waals surface area contributed by atoms with Crippen molar-refractivity contribution in [2.24, 2.45) is 0 Å². The SMILES string of the molecule is OB(O)c1cnn(-c2ccccc2)c1. The summed E-state index contributed by atoms with van der Waals surface area (Å²) in [7, 11) is -1.47. The number of para-hydroxylation sites is 1. The molecule has 0 unspecified atom stereocenters. The molecule has 0 aliphatic rings. The van der Waals surface area contributed by atoms with E-state index in [0.717, 1.165) is 5.69 Å². The number of aromatic nitrogens is 2. The van der Waals surface area contributed by atoms with Crippen molar-refractivity contribution in [2.75, 3.05) is 0 Å². The molecule has 1 heterocycles. The van der Waals surface area contributed by atoms with Gasteiger partial charge in [0.05, 0.1) is 5.69 Å². The maximum Gasteiger partial charge on any atom is 0.491 e. The van der Waals surface area contributed by atoms with Crippen LogP contribution in [0.4, 0.5) is 0 Å². The zero-order chi connectivity index (χ0) is 9.97. The molecule has 4 nitrogen and oxygen atoms in total. The lowest BCUT2D eigenvalue weighted by Gasteiger charge is -1.98. The summed E-state index contributed by atoms with van der Waals surface area (Å²) >= 11 is 0. The van der Waals surface area contributed by atoms with E-state index in [-0.39, 0.29) is 0 Å². The second kappa shape index (κ2) is 3.65. The summed E-state index contributed by atoms with van der Waals surface area (Å²) in [4.78, 5) is 0. The fourth-order valence-corrected chi connectivity index (χ4v) is 1.19. The lowest BCUT2D eigenvalue weighted by molar-refractivity contribution is 0.426. The van der Waals surface area contributed by atoms with Crippen LogP contribution in [0, 0.1) is 0 Å². The van der Waals surface area contributed by atoms with Crippen LogP contribution in [0.1, 0.15) is 0 Å². The monoisotopic (exact) mass is 188 g/mol. The summed E-state index contributed by atoms with van der Waals surface area (Å²) in [5, 5.41) is 21.8. The Hall–Kier alpha value is -1.59. The predicted molar refractivity (Wildman–Crippen MR) is 53.4 cm³/mol. The molecule has 5 heteroatoms. The Labute approximate surface area is 81.6 Å². The molecule has 0 amide bonds. The summed E-state index contributed by atoms with van der Waals surface area (Å²) in [6.07, 6.45) is 3.01. The van der Waals surface area contributed by atoms with Crippen LogP contribution < -0.4 is 5.46 Å². The minimum Gasteiger partial charge on any atom is -0.423 e. The summed E-state index contributed by atoms with van der Waals surface area (Å²) in [6.45, 7) is 0. The van der Waals surface area contributed by atoms with Crippen LogP contribution in [0.25, 0.3) is 5.69 Å². The largest absolute Gasteiger partial charge is 0.491 e. The van der Waals surface area contributed by atoms with Gasteiger partial charge in [-0.15, -0.1) is 0 Å². The molecule has 2 N–H and O–H groups in total. The fraction of sp³-hybridized carbons (Fsp3) is 0. The summed E-state index contributed by atoms with van der Waals surface area (Å²) < 4.78 is 1.59. The summed E-state index contributed by atoms with van der Waals surface area (Å²) in [5.74, 6) is 0. The van der Waals surface area contributed by atoms with Crippen molar-refractivity contribution in [3.8, 4) is 5.69 Å². The van der Waals surface area contributed by atoms with E-state index in [1.807, 2.05) is 30.3 Å². The molecule has 0 spiro atoms. The molecular weight excluding hydrogens is 179 g/mol. The Bertz CT molecular complexity index is 414. The van der Waals surface area contributed by atoms with Gasteiger partial charge in [0, 0.05) is 17.9 Å². The Morgan fingerprint density at radius 3 is 2.43 bits per heavy atom. The van der Waals surface area contributed by atoms with Crippen molar-refractivity contribution in [2.45, 2.75) is 0 Å². The van der Waals surface area contributed by atoms with Gasteiger partial charge in [0.15, 0.2) is 0 Å². The molecule has 70 valence electrons. The molecular formula is C9H9BN2O2. The summed E-state index contributed by atoms with van der Waals surface area (Å²) in [6, 6.07) is 9.48.